The first kappa shape index (κ1) is 15.1. The molecule has 0 aromatic carbocycles. The molecule has 6 nitrogen and oxygen atoms in total. The summed E-state index contributed by atoms with van der Waals surface area (Å²) in [7, 11) is 5.50. The Kier molecular flexibility index (Phi) is 4.18. The van der Waals surface area contributed by atoms with E-state index in [1.165, 1.54) is 12.8 Å². The second kappa shape index (κ2) is 6.10. The molecule has 1 saturated carbocycles. The lowest BCUT2D eigenvalue weighted by atomic mass is 10.0. The van der Waals surface area contributed by atoms with Gasteiger partial charge < -0.3 is 14.7 Å². The monoisotopic (exact) mass is 303 g/mol. The predicted molar refractivity (Wildman–Crippen MR) is 86.1 cm³/mol. The van der Waals surface area contributed by atoms with Crippen molar-refractivity contribution in [3.8, 4) is 0 Å². The summed E-state index contributed by atoms with van der Waals surface area (Å²) in [4.78, 5) is 27.0. The van der Waals surface area contributed by atoms with Gasteiger partial charge in [0.05, 0.1) is 0 Å². The first-order chi connectivity index (χ1) is 10.6. The first-order valence-electron chi connectivity index (χ1n) is 8.08. The maximum atomic E-state index is 12.0. The summed E-state index contributed by atoms with van der Waals surface area (Å²) in [5, 5.41) is 0. The molecular formula is C16H25N5O. The number of carbonyl (C=O) groups is 1. The van der Waals surface area contributed by atoms with Crippen molar-refractivity contribution in [2.45, 2.75) is 37.6 Å². The van der Waals surface area contributed by atoms with Crippen LogP contribution in [0.3, 0.4) is 0 Å². The Morgan fingerprint density at radius 2 is 1.86 bits per heavy atom. The molecule has 2 amide bonds. The molecule has 0 bridgehead atoms. The Bertz CT molecular complexity index is 535. The highest BCUT2D eigenvalue weighted by Gasteiger charge is 2.29. The largest absolute Gasteiger partial charge is 0.356 e. The fraction of sp³-hybridized carbons (Fsp3) is 0.688. The van der Waals surface area contributed by atoms with Crippen LogP contribution in [-0.4, -0.2) is 66.1 Å². The smallest absolute Gasteiger partial charge is 0.319 e. The molecule has 1 saturated heterocycles. The Hall–Kier alpha value is -1.85. The number of hydrogen-bond acceptors (Lipinski definition) is 4. The molecule has 2 fully saturated rings. The van der Waals surface area contributed by atoms with Gasteiger partial charge in [-0.1, -0.05) is 0 Å². The third-order valence-electron chi connectivity index (χ3n) is 4.62. The lowest BCUT2D eigenvalue weighted by Crippen LogP contribution is -2.48. The molecule has 0 radical (unpaired) electrons. The number of hydrogen-bond donors (Lipinski definition) is 0. The van der Waals surface area contributed by atoms with Crippen molar-refractivity contribution < 1.29 is 4.79 Å². The number of amides is 2. The molecule has 1 aliphatic carbocycles. The summed E-state index contributed by atoms with van der Waals surface area (Å²) < 4.78 is 0. The SMILES string of the molecule is CN(C)C(=O)N(C)C1CCN(c2ccnc(C3CC3)n2)CC1. The zero-order valence-electron chi connectivity index (χ0n) is 13.7. The topological polar surface area (TPSA) is 52.6 Å². The van der Waals surface area contributed by atoms with Gasteiger partial charge in [-0.25, -0.2) is 14.8 Å². The summed E-state index contributed by atoms with van der Waals surface area (Å²) in [5.41, 5.74) is 0. The summed E-state index contributed by atoms with van der Waals surface area (Å²) in [6.07, 6.45) is 6.30. The van der Waals surface area contributed by atoms with Gasteiger partial charge in [0.15, 0.2) is 0 Å². The van der Waals surface area contributed by atoms with E-state index in [1.807, 2.05) is 24.2 Å². The molecule has 2 aliphatic rings. The summed E-state index contributed by atoms with van der Waals surface area (Å²) >= 11 is 0. The molecule has 1 aromatic heterocycles. The molecule has 1 aromatic rings. The van der Waals surface area contributed by atoms with E-state index >= 15 is 0 Å². The highest BCUT2D eigenvalue weighted by atomic mass is 16.2. The number of anilines is 1. The van der Waals surface area contributed by atoms with Crippen LogP contribution in [0.25, 0.3) is 0 Å². The van der Waals surface area contributed by atoms with Gasteiger partial charge in [0.1, 0.15) is 11.6 Å². The molecule has 1 aliphatic heterocycles. The zero-order chi connectivity index (χ0) is 15.7. The predicted octanol–water partition coefficient (Wildman–Crippen LogP) is 1.94. The van der Waals surface area contributed by atoms with Gasteiger partial charge in [-0.15, -0.1) is 0 Å². The standard InChI is InChI=1S/C16H25N5O/c1-19(2)16(22)20(3)13-7-10-21(11-8-13)14-6-9-17-15(18-14)12-4-5-12/h6,9,12-13H,4-5,7-8,10-11H2,1-3H3. The average molecular weight is 303 g/mol. The van der Waals surface area contributed by atoms with E-state index in [2.05, 4.69) is 9.88 Å². The van der Waals surface area contributed by atoms with Crippen LogP contribution >= 0.6 is 0 Å². The van der Waals surface area contributed by atoms with E-state index in [9.17, 15) is 4.79 Å². The molecule has 22 heavy (non-hydrogen) atoms. The lowest BCUT2D eigenvalue weighted by molar-refractivity contribution is 0.155. The normalized spacial score (nSPS) is 19.1. The third kappa shape index (κ3) is 3.15. The Labute approximate surface area is 132 Å². The molecule has 0 spiro atoms. The molecule has 0 atom stereocenters. The van der Waals surface area contributed by atoms with Gasteiger partial charge in [-0.2, -0.15) is 0 Å². The zero-order valence-corrected chi connectivity index (χ0v) is 13.7. The minimum Gasteiger partial charge on any atom is -0.356 e. The Morgan fingerprint density at radius 1 is 1.18 bits per heavy atom. The van der Waals surface area contributed by atoms with Gasteiger partial charge in [0.2, 0.25) is 0 Å². The van der Waals surface area contributed by atoms with Crippen LogP contribution in [0.15, 0.2) is 12.3 Å². The van der Waals surface area contributed by atoms with Crippen molar-refractivity contribution in [2.75, 3.05) is 39.1 Å². The number of aromatic nitrogens is 2. The van der Waals surface area contributed by atoms with Gasteiger partial charge in [-0.3, -0.25) is 0 Å². The van der Waals surface area contributed by atoms with E-state index < -0.39 is 0 Å². The number of urea groups is 1. The number of piperidine rings is 1. The van der Waals surface area contributed by atoms with E-state index in [0.717, 1.165) is 37.6 Å². The molecule has 3 rings (SSSR count). The Morgan fingerprint density at radius 3 is 2.45 bits per heavy atom. The quantitative estimate of drug-likeness (QED) is 0.856. The molecule has 6 heteroatoms. The lowest BCUT2D eigenvalue weighted by Gasteiger charge is -2.38. The molecule has 0 unspecified atom stereocenters. The maximum Gasteiger partial charge on any atom is 0.319 e. The molecule has 120 valence electrons. The summed E-state index contributed by atoms with van der Waals surface area (Å²) in [6.45, 7) is 1.88. The number of rotatable bonds is 3. The van der Waals surface area contributed by atoms with Crippen LogP contribution in [0.4, 0.5) is 10.6 Å². The van der Waals surface area contributed by atoms with Crippen molar-refractivity contribution in [2.24, 2.45) is 0 Å². The van der Waals surface area contributed by atoms with Crippen LogP contribution in [0.5, 0.6) is 0 Å². The van der Waals surface area contributed by atoms with Crippen LogP contribution < -0.4 is 4.90 Å². The minimum absolute atomic E-state index is 0.0801. The minimum atomic E-state index is 0.0801. The van der Waals surface area contributed by atoms with Crippen LogP contribution in [0.1, 0.15) is 37.4 Å². The molecular weight excluding hydrogens is 278 g/mol. The van der Waals surface area contributed by atoms with Crippen molar-refractivity contribution in [3.63, 3.8) is 0 Å². The number of nitrogens with zero attached hydrogens (tertiary/aromatic N) is 5. The van der Waals surface area contributed by atoms with Crippen molar-refractivity contribution in [1.82, 2.24) is 19.8 Å². The third-order valence-corrected chi connectivity index (χ3v) is 4.62. The van der Waals surface area contributed by atoms with Gasteiger partial charge in [-0.05, 0) is 31.7 Å². The fourth-order valence-electron chi connectivity index (χ4n) is 3.03. The van der Waals surface area contributed by atoms with Crippen LogP contribution in [-0.2, 0) is 0 Å². The average Bonchev–Trinajstić information content (AvgIpc) is 3.38. The van der Waals surface area contributed by atoms with E-state index in [0.29, 0.717) is 12.0 Å². The van der Waals surface area contributed by atoms with E-state index in [1.54, 1.807) is 19.0 Å². The fourth-order valence-corrected chi connectivity index (χ4v) is 3.03. The van der Waals surface area contributed by atoms with Crippen molar-refractivity contribution in [1.29, 1.82) is 0 Å². The number of carbonyl (C=O) groups excluding carboxylic acids is 1. The van der Waals surface area contributed by atoms with Gasteiger partial charge in [0.25, 0.3) is 0 Å². The second-order valence-electron chi connectivity index (χ2n) is 6.55. The molecule has 2 heterocycles. The maximum absolute atomic E-state index is 12.0. The van der Waals surface area contributed by atoms with Gasteiger partial charge in [0, 0.05) is 52.4 Å². The van der Waals surface area contributed by atoms with Crippen molar-refractivity contribution in [3.05, 3.63) is 18.1 Å². The first-order valence-corrected chi connectivity index (χ1v) is 8.08. The van der Waals surface area contributed by atoms with E-state index in [4.69, 9.17) is 4.98 Å². The van der Waals surface area contributed by atoms with Crippen LogP contribution in [0.2, 0.25) is 0 Å². The second-order valence-corrected chi connectivity index (χ2v) is 6.55. The molecule has 0 N–H and O–H groups in total. The Balaban J connectivity index is 1.59. The van der Waals surface area contributed by atoms with Crippen molar-refractivity contribution >= 4 is 11.8 Å². The summed E-state index contributed by atoms with van der Waals surface area (Å²) in [5.74, 6) is 2.62. The van der Waals surface area contributed by atoms with Gasteiger partial charge >= 0.3 is 6.03 Å². The highest BCUT2D eigenvalue weighted by Crippen LogP contribution is 2.38. The van der Waals surface area contributed by atoms with Crippen LogP contribution in [0, 0.1) is 0 Å². The highest BCUT2D eigenvalue weighted by molar-refractivity contribution is 5.73. The summed E-state index contributed by atoms with van der Waals surface area (Å²) in [6, 6.07) is 2.40. The van der Waals surface area contributed by atoms with E-state index in [-0.39, 0.29) is 6.03 Å².